The number of nitrogens with one attached hydrogen (secondary N) is 2. The molecule has 1 aromatic heterocycles. The maximum atomic E-state index is 13.5. The van der Waals surface area contributed by atoms with E-state index in [9.17, 15) is 13.2 Å². The summed E-state index contributed by atoms with van der Waals surface area (Å²) >= 11 is 0. The number of hydrogen-bond donors (Lipinski definition) is 2. The first kappa shape index (κ1) is 23.3. The number of aromatic amines is 1. The Labute approximate surface area is 205 Å². The number of fused-ring (bicyclic) bond motifs is 1. The highest BCUT2D eigenvalue weighted by Gasteiger charge is 2.33. The van der Waals surface area contributed by atoms with E-state index in [1.54, 1.807) is 18.2 Å². The number of hydrogen-bond acceptors (Lipinski definition) is 4. The number of H-pyrrole nitrogens is 1. The average Bonchev–Trinajstić information content (AvgIpc) is 3.30. The number of anilines is 1. The molecule has 0 radical (unpaired) electrons. The molecule has 8 heteroatoms. The minimum absolute atomic E-state index is 0.145. The van der Waals surface area contributed by atoms with Crippen molar-refractivity contribution in [2.24, 2.45) is 5.92 Å². The summed E-state index contributed by atoms with van der Waals surface area (Å²) in [4.78, 5) is 21.0. The zero-order chi connectivity index (χ0) is 24.6. The number of aryl methyl sites for hydroxylation is 2. The second kappa shape index (κ2) is 9.28. The normalized spacial score (nSPS) is 16.9. The Morgan fingerprint density at radius 1 is 1.06 bits per heavy atom. The molecular weight excluding hydrogens is 460 g/mol. The fourth-order valence-corrected chi connectivity index (χ4v) is 6.14. The van der Waals surface area contributed by atoms with Crippen LogP contribution < -0.4 is 5.32 Å². The van der Waals surface area contributed by atoms with Crippen molar-refractivity contribution in [3.8, 4) is 11.4 Å². The van der Waals surface area contributed by atoms with Gasteiger partial charge < -0.3 is 10.3 Å². The van der Waals surface area contributed by atoms with Crippen LogP contribution in [0.1, 0.15) is 24.0 Å². The SMILES string of the molecule is Cc1ccc(NC(=O)C2CCCN(S(=O)(=O)c3ccc4nc(-c5ccccc5)[nH]c4c3)C2)c(C)c1. The van der Waals surface area contributed by atoms with Crippen molar-refractivity contribution < 1.29 is 13.2 Å². The van der Waals surface area contributed by atoms with Crippen molar-refractivity contribution in [2.45, 2.75) is 31.6 Å². The Bertz CT molecular complexity index is 1500. The van der Waals surface area contributed by atoms with Crippen LogP contribution in [-0.2, 0) is 14.8 Å². The fraction of sp³-hybridized carbons (Fsp3) is 0.259. The molecule has 1 atom stereocenters. The van der Waals surface area contributed by atoms with Crippen LogP contribution in [0.4, 0.5) is 5.69 Å². The Hall–Kier alpha value is -3.49. The van der Waals surface area contributed by atoms with Gasteiger partial charge in [-0.1, -0.05) is 48.0 Å². The molecule has 2 N–H and O–H groups in total. The number of carbonyl (C=O) groups excluding carboxylic acids is 1. The Morgan fingerprint density at radius 2 is 1.86 bits per heavy atom. The van der Waals surface area contributed by atoms with Gasteiger partial charge >= 0.3 is 0 Å². The smallest absolute Gasteiger partial charge is 0.243 e. The van der Waals surface area contributed by atoms with Gasteiger partial charge in [-0.15, -0.1) is 0 Å². The number of amides is 1. The van der Waals surface area contributed by atoms with Gasteiger partial charge in [-0.2, -0.15) is 4.31 Å². The van der Waals surface area contributed by atoms with Gasteiger partial charge in [-0.3, -0.25) is 4.79 Å². The van der Waals surface area contributed by atoms with Gasteiger partial charge in [-0.25, -0.2) is 13.4 Å². The molecule has 5 rings (SSSR count). The van der Waals surface area contributed by atoms with E-state index in [0.29, 0.717) is 36.2 Å². The van der Waals surface area contributed by atoms with E-state index < -0.39 is 15.9 Å². The van der Waals surface area contributed by atoms with Crippen LogP contribution in [0.25, 0.3) is 22.4 Å². The molecule has 0 saturated carbocycles. The predicted molar refractivity (Wildman–Crippen MR) is 138 cm³/mol. The molecule has 0 spiro atoms. The standard InChI is InChI=1S/C27H28N4O3S/c1-18-10-12-23(19(2)15-18)30-27(32)21-9-6-14-31(17-21)35(33,34)22-11-13-24-25(16-22)29-26(28-24)20-7-4-3-5-8-20/h3-5,7-8,10-13,15-16,21H,6,9,14,17H2,1-2H3,(H,28,29)(H,30,32). The van der Waals surface area contributed by atoms with Gasteiger partial charge in [0, 0.05) is 24.3 Å². The van der Waals surface area contributed by atoms with Crippen LogP contribution >= 0.6 is 0 Å². The quantitative estimate of drug-likeness (QED) is 0.418. The van der Waals surface area contributed by atoms with Crippen molar-refractivity contribution in [1.29, 1.82) is 0 Å². The third kappa shape index (κ3) is 4.72. The highest BCUT2D eigenvalue weighted by atomic mass is 32.2. The van der Waals surface area contributed by atoms with E-state index >= 15 is 0 Å². The summed E-state index contributed by atoms with van der Waals surface area (Å²) in [5.41, 5.74) is 5.17. The monoisotopic (exact) mass is 488 g/mol. The van der Waals surface area contributed by atoms with Crippen molar-refractivity contribution in [3.05, 3.63) is 77.9 Å². The minimum Gasteiger partial charge on any atom is -0.338 e. The molecule has 7 nitrogen and oxygen atoms in total. The molecular formula is C27H28N4O3S. The molecule has 1 saturated heterocycles. The van der Waals surface area contributed by atoms with Crippen LogP contribution in [0.2, 0.25) is 0 Å². The van der Waals surface area contributed by atoms with Crippen molar-refractivity contribution in [2.75, 3.05) is 18.4 Å². The van der Waals surface area contributed by atoms with Gasteiger partial charge in [-0.05, 0) is 56.5 Å². The lowest BCUT2D eigenvalue weighted by Gasteiger charge is -2.31. The largest absolute Gasteiger partial charge is 0.338 e. The van der Waals surface area contributed by atoms with Crippen LogP contribution in [0, 0.1) is 19.8 Å². The van der Waals surface area contributed by atoms with E-state index in [4.69, 9.17) is 0 Å². The minimum atomic E-state index is -3.76. The number of carbonyl (C=O) groups is 1. The maximum Gasteiger partial charge on any atom is 0.243 e. The van der Waals surface area contributed by atoms with Crippen molar-refractivity contribution >= 4 is 32.7 Å². The number of imidazole rings is 1. The number of piperidine rings is 1. The van der Waals surface area contributed by atoms with E-state index in [-0.39, 0.29) is 17.3 Å². The lowest BCUT2D eigenvalue weighted by Crippen LogP contribution is -2.43. The van der Waals surface area contributed by atoms with Gasteiger partial charge in [0.25, 0.3) is 0 Å². The average molecular weight is 489 g/mol. The molecule has 1 fully saturated rings. The third-order valence-electron chi connectivity index (χ3n) is 6.53. The topological polar surface area (TPSA) is 95.2 Å². The van der Waals surface area contributed by atoms with E-state index in [2.05, 4.69) is 15.3 Å². The zero-order valence-electron chi connectivity index (χ0n) is 19.8. The summed E-state index contributed by atoms with van der Waals surface area (Å²) < 4.78 is 28.4. The van der Waals surface area contributed by atoms with Crippen LogP contribution in [0.5, 0.6) is 0 Å². The predicted octanol–water partition coefficient (Wildman–Crippen LogP) is 4.89. The molecule has 1 aliphatic heterocycles. The number of benzene rings is 3. The Balaban J connectivity index is 1.35. The first-order valence-corrected chi connectivity index (χ1v) is 13.2. The molecule has 4 aromatic rings. The number of sulfonamides is 1. The molecule has 1 unspecified atom stereocenters. The molecule has 35 heavy (non-hydrogen) atoms. The maximum absolute atomic E-state index is 13.5. The third-order valence-corrected chi connectivity index (χ3v) is 8.39. The Kier molecular flexibility index (Phi) is 6.17. The molecule has 3 aromatic carbocycles. The highest BCUT2D eigenvalue weighted by Crippen LogP contribution is 2.28. The molecule has 0 bridgehead atoms. The van der Waals surface area contributed by atoms with Crippen LogP contribution in [0.15, 0.2) is 71.6 Å². The summed E-state index contributed by atoms with van der Waals surface area (Å²) in [6.45, 7) is 4.52. The number of aromatic nitrogens is 2. The Morgan fingerprint density at radius 3 is 2.63 bits per heavy atom. The van der Waals surface area contributed by atoms with E-state index in [0.717, 1.165) is 22.4 Å². The van der Waals surface area contributed by atoms with Crippen molar-refractivity contribution in [1.82, 2.24) is 14.3 Å². The van der Waals surface area contributed by atoms with Crippen LogP contribution in [-0.4, -0.2) is 41.7 Å². The zero-order valence-corrected chi connectivity index (χ0v) is 20.6. The second-order valence-electron chi connectivity index (χ2n) is 9.14. The fourth-order valence-electron chi connectivity index (χ4n) is 4.59. The molecule has 0 aliphatic carbocycles. The van der Waals surface area contributed by atoms with E-state index in [1.165, 1.54) is 4.31 Å². The van der Waals surface area contributed by atoms with E-state index in [1.807, 2.05) is 62.4 Å². The first-order chi connectivity index (χ1) is 16.8. The molecule has 180 valence electrons. The summed E-state index contributed by atoms with van der Waals surface area (Å²) in [6.07, 6.45) is 1.29. The van der Waals surface area contributed by atoms with Gasteiger partial charge in [0.15, 0.2) is 0 Å². The lowest BCUT2D eigenvalue weighted by atomic mass is 9.98. The van der Waals surface area contributed by atoms with Gasteiger partial charge in [0.05, 0.1) is 21.8 Å². The van der Waals surface area contributed by atoms with Crippen molar-refractivity contribution in [3.63, 3.8) is 0 Å². The number of rotatable bonds is 5. The highest BCUT2D eigenvalue weighted by molar-refractivity contribution is 7.89. The summed E-state index contributed by atoms with van der Waals surface area (Å²) in [5.74, 6) is 0.143. The van der Waals surface area contributed by atoms with Crippen LogP contribution in [0.3, 0.4) is 0 Å². The summed E-state index contributed by atoms with van der Waals surface area (Å²) in [6, 6.07) is 20.5. The second-order valence-corrected chi connectivity index (χ2v) is 11.1. The molecule has 2 heterocycles. The summed E-state index contributed by atoms with van der Waals surface area (Å²) in [5, 5.41) is 2.99. The lowest BCUT2D eigenvalue weighted by molar-refractivity contribution is -0.120. The van der Waals surface area contributed by atoms with Gasteiger partial charge in [0.2, 0.25) is 15.9 Å². The first-order valence-electron chi connectivity index (χ1n) is 11.7. The summed E-state index contributed by atoms with van der Waals surface area (Å²) in [7, 11) is -3.76. The molecule has 1 amide bonds. The number of nitrogens with zero attached hydrogens (tertiary/aromatic N) is 2. The van der Waals surface area contributed by atoms with Gasteiger partial charge in [0.1, 0.15) is 5.82 Å². The molecule has 1 aliphatic rings.